The molecule has 6 nitrogen and oxygen atoms in total. The highest BCUT2D eigenvalue weighted by atomic mass is 16.1. The van der Waals surface area contributed by atoms with Crippen molar-refractivity contribution in [2.45, 2.75) is 19.9 Å². The first-order valence-electron chi connectivity index (χ1n) is 6.63. The number of imidazole rings is 1. The van der Waals surface area contributed by atoms with E-state index in [4.69, 9.17) is 0 Å². The normalized spacial score (nSPS) is 11.1. The van der Waals surface area contributed by atoms with Gasteiger partial charge in [0.2, 0.25) is 0 Å². The molecule has 0 bridgehead atoms. The van der Waals surface area contributed by atoms with Gasteiger partial charge in [0.1, 0.15) is 0 Å². The average molecular weight is 271 g/mol. The van der Waals surface area contributed by atoms with Gasteiger partial charge in [-0.1, -0.05) is 6.92 Å². The van der Waals surface area contributed by atoms with Crippen molar-refractivity contribution in [1.29, 1.82) is 0 Å². The Morgan fingerprint density at radius 1 is 1.30 bits per heavy atom. The number of anilines is 1. The summed E-state index contributed by atoms with van der Waals surface area (Å²) >= 11 is 0. The lowest BCUT2D eigenvalue weighted by Crippen LogP contribution is -2.01. The van der Waals surface area contributed by atoms with Gasteiger partial charge in [0.25, 0.3) is 0 Å². The van der Waals surface area contributed by atoms with Gasteiger partial charge in [-0.2, -0.15) is 5.10 Å². The number of aromatic amines is 2. The van der Waals surface area contributed by atoms with Crippen LogP contribution in [0, 0.1) is 0 Å². The zero-order valence-corrected chi connectivity index (χ0v) is 11.5. The first-order valence-corrected chi connectivity index (χ1v) is 6.63. The number of nitrogens with one attached hydrogen (secondary N) is 3. The van der Waals surface area contributed by atoms with Crippen molar-refractivity contribution in [3.63, 3.8) is 0 Å². The van der Waals surface area contributed by atoms with Crippen LogP contribution in [0.25, 0.3) is 11.0 Å². The lowest BCUT2D eigenvalue weighted by atomic mass is 10.2. The second-order valence-corrected chi connectivity index (χ2v) is 4.82. The van der Waals surface area contributed by atoms with Crippen LogP contribution in [0.2, 0.25) is 0 Å². The number of hydrogen-bond donors (Lipinski definition) is 3. The summed E-state index contributed by atoms with van der Waals surface area (Å²) in [5.41, 5.74) is 4.71. The summed E-state index contributed by atoms with van der Waals surface area (Å²) in [4.78, 5) is 16.7. The van der Waals surface area contributed by atoms with Crippen molar-refractivity contribution in [1.82, 2.24) is 19.7 Å². The Balaban J connectivity index is 1.80. The standard InChI is InChI=1S/C14H17N5O/c1-3-11-9(8-19(2)18-11)7-15-10-4-5-12-13(6-10)17-14(20)16-12/h4-6,8,15H,3,7H2,1-2H3,(H2,16,17,20). The van der Waals surface area contributed by atoms with Gasteiger partial charge in [0.05, 0.1) is 16.7 Å². The highest BCUT2D eigenvalue weighted by Crippen LogP contribution is 2.16. The predicted octanol–water partition coefficient (Wildman–Crippen LogP) is 1.76. The van der Waals surface area contributed by atoms with E-state index in [1.165, 1.54) is 5.56 Å². The van der Waals surface area contributed by atoms with Crippen LogP contribution in [-0.4, -0.2) is 19.7 Å². The SMILES string of the molecule is CCc1nn(C)cc1CNc1ccc2[nH]c(=O)[nH]c2c1. The predicted molar refractivity (Wildman–Crippen MR) is 78.8 cm³/mol. The number of benzene rings is 1. The topological polar surface area (TPSA) is 78.5 Å². The molecule has 0 spiro atoms. The molecule has 2 heterocycles. The van der Waals surface area contributed by atoms with Gasteiger partial charge in [-0.3, -0.25) is 4.68 Å². The highest BCUT2D eigenvalue weighted by molar-refractivity contribution is 5.78. The Kier molecular flexibility index (Phi) is 3.06. The third-order valence-corrected chi connectivity index (χ3v) is 3.33. The summed E-state index contributed by atoms with van der Waals surface area (Å²) < 4.78 is 1.84. The zero-order valence-electron chi connectivity index (χ0n) is 11.5. The molecular weight excluding hydrogens is 254 g/mol. The van der Waals surface area contributed by atoms with E-state index in [-0.39, 0.29) is 5.69 Å². The number of rotatable bonds is 4. The lowest BCUT2D eigenvalue weighted by molar-refractivity contribution is 0.746. The molecule has 0 aliphatic heterocycles. The maximum atomic E-state index is 11.2. The van der Waals surface area contributed by atoms with E-state index in [0.717, 1.165) is 35.4 Å². The Labute approximate surface area is 115 Å². The minimum atomic E-state index is -0.183. The van der Waals surface area contributed by atoms with Crippen LogP contribution in [0.4, 0.5) is 5.69 Å². The van der Waals surface area contributed by atoms with Crippen molar-refractivity contribution in [2.24, 2.45) is 7.05 Å². The smallest absolute Gasteiger partial charge is 0.323 e. The van der Waals surface area contributed by atoms with E-state index in [0.29, 0.717) is 0 Å². The minimum absolute atomic E-state index is 0.183. The van der Waals surface area contributed by atoms with Gasteiger partial charge >= 0.3 is 5.69 Å². The third kappa shape index (κ3) is 2.32. The monoisotopic (exact) mass is 271 g/mol. The molecule has 3 N–H and O–H groups in total. The molecule has 104 valence electrons. The fraction of sp³-hybridized carbons (Fsp3) is 0.286. The van der Waals surface area contributed by atoms with Crippen LogP contribution in [-0.2, 0) is 20.0 Å². The molecule has 0 unspecified atom stereocenters. The van der Waals surface area contributed by atoms with Gasteiger partial charge < -0.3 is 15.3 Å². The molecule has 0 saturated heterocycles. The van der Waals surface area contributed by atoms with Crippen LogP contribution in [0.5, 0.6) is 0 Å². The highest BCUT2D eigenvalue weighted by Gasteiger charge is 2.06. The van der Waals surface area contributed by atoms with Crippen LogP contribution in [0.15, 0.2) is 29.2 Å². The van der Waals surface area contributed by atoms with E-state index < -0.39 is 0 Å². The number of aromatic nitrogens is 4. The van der Waals surface area contributed by atoms with Gasteiger partial charge in [-0.05, 0) is 24.6 Å². The molecule has 3 rings (SSSR count). The lowest BCUT2D eigenvalue weighted by Gasteiger charge is -2.06. The molecule has 2 aromatic heterocycles. The van der Waals surface area contributed by atoms with E-state index in [9.17, 15) is 4.79 Å². The molecule has 0 atom stereocenters. The van der Waals surface area contributed by atoms with E-state index in [2.05, 4.69) is 27.3 Å². The summed E-state index contributed by atoms with van der Waals surface area (Å²) in [6.45, 7) is 2.82. The molecule has 3 aromatic rings. The first kappa shape index (κ1) is 12.5. The number of aryl methyl sites for hydroxylation is 2. The molecule has 0 saturated carbocycles. The van der Waals surface area contributed by atoms with Crippen LogP contribution in [0.3, 0.4) is 0 Å². The maximum Gasteiger partial charge on any atom is 0.323 e. The molecule has 0 aliphatic carbocycles. The van der Waals surface area contributed by atoms with Crippen LogP contribution >= 0.6 is 0 Å². The largest absolute Gasteiger partial charge is 0.381 e. The molecule has 20 heavy (non-hydrogen) atoms. The van der Waals surface area contributed by atoms with Gasteiger partial charge in [0.15, 0.2) is 0 Å². The second kappa shape index (κ2) is 4.88. The number of fused-ring (bicyclic) bond motifs is 1. The summed E-state index contributed by atoms with van der Waals surface area (Å²) in [7, 11) is 1.93. The van der Waals surface area contributed by atoms with Crippen molar-refractivity contribution in [3.05, 3.63) is 46.1 Å². The summed E-state index contributed by atoms with van der Waals surface area (Å²) in [6.07, 6.45) is 2.95. The third-order valence-electron chi connectivity index (χ3n) is 3.33. The van der Waals surface area contributed by atoms with E-state index >= 15 is 0 Å². The Morgan fingerprint density at radius 3 is 2.90 bits per heavy atom. The van der Waals surface area contributed by atoms with Crippen molar-refractivity contribution < 1.29 is 0 Å². The van der Waals surface area contributed by atoms with Gasteiger partial charge in [0, 0.05) is 31.0 Å². The Hall–Kier alpha value is -2.50. The maximum absolute atomic E-state index is 11.2. The second-order valence-electron chi connectivity index (χ2n) is 4.82. The van der Waals surface area contributed by atoms with Crippen LogP contribution in [0.1, 0.15) is 18.2 Å². The molecule has 0 fully saturated rings. The number of H-pyrrole nitrogens is 2. The summed E-state index contributed by atoms with van der Waals surface area (Å²) in [5, 5.41) is 7.78. The Bertz CT molecular complexity index is 795. The summed E-state index contributed by atoms with van der Waals surface area (Å²) in [6, 6.07) is 5.77. The van der Waals surface area contributed by atoms with Crippen molar-refractivity contribution in [3.8, 4) is 0 Å². The molecule has 0 radical (unpaired) electrons. The average Bonchev–Trinajstić information content (AvgIpc) is 2.97. The summed E-state index contributed by atoms with van der Waals surface area (Å²) in [5.74, 6) is 0. The van der Waals surface area contributed by atoms with Crippen LogP contribution < -0.4 is 11.0 Å². The van der Waals surface area contributed by atoms with E-state index in [1.54, 1.807) is 0 Å². The fourth-order valence-corrected chi connectivity index (χ4v) is 2.37. The zero-order chi connectivity index (χ0) is 14.1. The quantitative estimate of drug-likeness (QED) is 0.676. The van der Waals surface area contributed by atoms with Crippen molar-refractivity contribution in [2.75, 3.05) is 5.32 Å². The van der Waals surface area contributed by atoms with Crippen molar-refractivity contribution >= 4 is 16.7 Å². The molecule has 0 aliphatic rings. The van der Waals surface area contributed by atoms with E-state index in [1.807, 2.05) is 36.1 Å². The number of nitrogens with zero attached hydrogens (tertiary/aromatic N) is 2. The molecular formula is C14H17N5O. The molecule has 0 amide bonds. The molecule has 6 heteroatoms. The van der Waals surface area contributed by atoms with Gasteiger partial charge in [-0.15, -0.1) is 0 Å². The Morgan fingerprint density at radius 2 is 2.10 bits per heavy atom. The first-order chi connectivity index (χ1) is 9.65. The minimum Gasteiger partial charge on any atom is -0.381 e. The van der Waals surface area contributed by atoms with Gasteiger partial charge in [-0.25, -0.2) is 4.79 Å². The molecule has 1 aromatic carbocycles. The fourth-order valence-electron chi connectivity index (χ4n) is 2.37. The number of hydrogen-bond acceptors (Lipinski definition) is 3.